The van der Waals surface area contributed by atoms with Crippen LogP contribution in [-0.2, 0) is 6.54 Å². The van der Waals surface area contributed by atoms with Gasteiger partial charge in [-0.25, -0.2) is 0 Å². The van der Waals surface area contributed by atoms with Crippen molar-refractivity contribution in [2.45, 2.75) is 25.9 Å². The molecular formula is C12H17N3O3. The monoisotopic (exact) mass is 251 g/mol. The molecule has 0 aromatic heterocycles. The molecule has 0 spiro atoms. The number of nitrogens with two attached hydrogens (primary N) is 1. The highest BCUT2D eigenvalue weighted by Crippen LogP contribution is 2.32. The van der Waals surface area contributed by atoms with Crippen molar-refractivity contribution in [3.63, 3.8) is 0 Å². The molecule has 98 valence electrons. The summed E-state index contributed by atoms with van der Waals surface area (Å²) in [7, 11) is 0. The average Bonchev–Trinajstić information content (AvgIpc) is 2.83. The molecule has 1 aromatic rings. The van der Waals surface area contributed by atoms with Crippen molar-refractivity contribution in [3.05, 3.63) is 23.8 Å². The van der Waals surface area contributed by atoms with Crippen LogP contribution in [0.5, 0.6) is 11.5 Å². The van der Waals surface area contributed by atoms with E-state index in [1.165, 1.54) is 0 Å². The lowest BCUT2D eigenvalue weighted by atomic mass is 10.1. The minimum absolute atomic E-state index is 0.131. The van der Waals surface area contributed by atoms with Crippen molar-refractivity contribution in [1.29, 1.82) is 0 Å². The summed E-state index contributed by atoms with van der Waals surface area (Å²) in [6.45, 7) is 2.95. The standard InChI is InChI=1S/C12H17N3O3/c1-8(4-12(13)15-16)14-6-9-2-3-10-11(5-9)18-7-17-10/h2-3,5,8,14,16H,4,6-7H2,1H3,(H2,13,15). The number of fused-ring (bicyclic) bond motifs is 1. The second-order valence-electron chi connectivity index (χ2n) is 4.27. The smallest absolute Gasteiger partial charge is 0.231 e. The van der Waals surface area contributed by atoms with Crippen LogP contribution in [0.25, 0.3) is 0 Å². The van der Waals surface area contributed by atoms with E-state index in [1.54, 1.807) is 0 Å². The Morgan fingerprint density at radius 1 is 1.50 bits per heavy atom. The molecule has 1 atom stereocenters. The van der Waals surface area contributed by atoms with Crippen molar-refractivity contribution >= 4 is 5.84 Å². The lowest BCUT2D eigenvalue weighted by molar-refractivity contribution is 0.174. The Bertz CT molecular complexity index is 448. The van der Waals surface area contributed by atoms with Crippen LogP contribution < -0.4 is 20.5 Å². The Hall–Kier alpha value is -1.95. The van der Waals surface area contributed by atoms with E-state index in [2.05, 4.69) is 10.5 Å². The third-order valence-electron chi connectivity index (χ3n) is 2.74. The predicted molar refractivity (Wildman–Crippen MR) is 66.9 cm³/mol. The van der Waals surface area contributed by atoms with Gasteiger partial charge in [0.2, 0.25) is 6.79 Å². The topological polar surface area (TPSA) is 89.1 Å². The molecule has 0 saturated heterocycles. The highest BCUT2D eigenvalue weighted by Gasteiger charge is 2.13. The third-order valence-corrected chi connectivity index (χ3v) is 2.74. The van der Waals surface area contributed by atoms with Crippen LogP contribution in [0.4, 0.5) is 0 Å². The van der Waals surface area contributed by atoms with Crippen LogP contribution in [0, 0.1) is 0 Å². The van der Waals surface area contributed by atoms with E-state index in [9.17, 15) is 0 Å². The summed E-state index contributed by atoms with van der Waals surface area (Å²) in [4.78, 5) is 0. The van der Waals surface area contributed by atoms with E-state index in [0.29, 0.717) is 13.0 Å². The van der Waals surface area contributed by atoms with Gasteiger partial charge in [-0.3, -0.25) is 0 Å². The van der Waals surface area contributed by atoms with Crippen LogP contribution in [0.3, 0.4) is 0 Å². The Balaban J connectivity index is 1.87. The van der Waals surface area contributed by atoms with Gasteiger partial charge >= 0.3 is 0 Å². The van der Waals surface area contributed by atoms with Gasteiger partial charge in [0.05, 0.1) is 0 Å². The molecule has 1 heterocycles. The zero-order chi connectivity index (χ0) is 13.0. The Kier molecular flexibility index (Phi) is 3.88. The molecule has 0 fully saturated rings. The molecule has 1 aromatic carbocycles. The molecule has 2 rings (SSSR count). The van der Waals surface area contributed by atoms with Gasteiger partial charge in [-0.2, -0.15) is 0 Å². The molecule has 6 heteroatoms. The first-order valence-corrected chi connectivity index (χ1v) is 5.77. The first-order chi connectivity index (χ1) is 8.69. The Morgan fingerprint density at radius 2 is 2.28 bits per heavy atom. The van der Waals surface area contributed by atoms with Crippen LogP contribution in [0.15, 0.2) is 23.4 Å². The molecule has 0 saturated carbocycles. The van der Waals surface area contributed by atoms with Crippen molar-refractivity contribution in [3.8, 4) is 11.5 Å². The number of hydrogen-bond donors (Lipinski definition) is 3. The predicted octanol–water partition coefficient (Wildman–Crippen LogP) is 1.03. The van der Waals surface area contributed by atoms with E-state index in [1.807, 2.05) is 25.1 Å². The normalized spacial score (nSPS) is 15.7. The van der Waals surface area contributed by atoms with E-state index < -0.39 is 0 Å². The van der Waals surface area contributed by atoms with E-state index in [4.69, 9.17) is 20.4 Å². The summed E-state index contributed by atoms with van der Waals surface area (Å²) in [5, 5.41) is 14.7. The molecule has 18 heavy (non-hydrogen) atoms. The number of amidine groups is 1. The Labute approximate surface area is 105 Å². The maximum Gasteiger partial charge on any atom is 0.231 e. The minimum Gasteiger partial charge on any atom is -0.454 e. The van der Waals surface area contributed by atoms with E-state index >= 15 is 0 Å². The van der Waals surface area contributed by atoms with Crippen molar-refractivity contribution < 1.29 is 14.7 Å². The molecule has 0 aliphatic carbocycles. The van der Waals surface area contributed by atoms with Crippen molar-refractivity contribution in [1.82, 2.24) is 5.32 Å². The highest BCUT2D eigenvalue weighted by atomic mass is 16.7. The van der Waals surface area contributed by atoms with Crippen molar-refractivity contribution in [2.75, 3.05) is 6.79 Å². The number of rotatable bonds is 5. The van der Waals surface area contributed by atoms with Gasteiger partial charge < -0.3 is 25.7 Å². The fourth-order valence-corrected chi connectivity index (χ4v) is 1.77. The maximum absolute atomic E-state index is 8.48. The molecular weight excluding hydrogens is 234 g/mol. The molecule has 1 aliphatic heterocycles. The van der Waals surface area contributed by atoms with Crippen LogP contribution in [-0.4, -0.2) is 23.9 Å². The molecule has 6 nitrogen and oxygen atoms in total. The molecule has 1 unspecified atom stereocenters. The third kappa shape index (κ3) is 3.04. The minimum atomic E-state index is 0.131. The molecule has 0 bridgehead atoms. The quantitative estimate of drug-likeness (QED) is 0.315. The summed E-state index contributed by atoms with van der Waals surface area (Å²) in [6, 6.07) is 5.96. The second-order valence-corrected chi connectivity index (χ2v) is 4.27. The average molecular weight is 251 g/mol. The molecule has 0 amide bonds. The first kappa shape index (κ1) is 12.5. The number of nitrogens with zero attached hydrogens (tertiary/aromatic N) is 1. The number of benzene rings is 1. The van der Waals surface area contributed by atoms with Crippen LogP contribution in [0.1, 0.15) is 18.9 Å². The number of nitrogens with one attached hydrogen (secondary N) is 1. The van der Waals surface area contributed by atoms with Crippen LogP contribution in [0.2, 0.25) is 0 Å². The first-order valence-electron chi connectivity index (χ1n) is 5.77. The summed E-state index contributed by atoms with van der Waals surface area (Å²) < 4.78 is 10.5. The number of oxime groups is 1. The lowest BCUT2D eigenvalue weighted by Gasteiger charge is -2.13. The van der Waals surface area contributed by atoms with Gasteiger partial charge in [-0.1, -0.05) is 11.2 Å². The van der Waals surface area contributed by atoms with Gasteiger partial charge in [0, 0.05) is 19.0 Å². The molecule has 0 radical (unpaired) electrons. The molecule has 4 N–H and O–H groups in total. The van der Waals surface area contributed by atoms with E-state index in [0.717, 1.165) is 17.1 Å². The summed E-state index contributed by atoms with van der Waals surface area (Å²) in [5.41, 5.74) is 6.54. The summed E-state index contributed by atoms with van der Waals surface area (Å²) in [5.74, 6) is 1.78. The van der Waals surface area contributed by atoms with Gasteiger partial charge in [0.1, 0.15) is 5.84 Å². The van der Waals surface area contributed by atoms with Crippen molar-refractivity contribution in [2.24, 2.45) is 10.9 Å². The second kappa shape index (κ2) is 5.59. The van der Waals surface area contributed by atoms with Gasteiger partial charge in [-0.05, 0) is 24.6 Å². The van der Waals surface area contributed by atoms with Gasteiger partial charge in [-0.15, -0.1) is 0 Å². The zero-order valence-electron chi connectivity index (χ0n) is 10.2. The van der Waals surface area contributed by atoms with Gasteiger partial charge in [0.15, 0.2) is 11.5 Å². The largest absolute Gasteiger partial charge is 0.454 e. The highest BCUT2D eigenvalue weighted by molar-refractivity contribution is 5.80. The summed E-state index contributed by atoms with van der Waals surface area (Å²) >= 11 is 0. The Morgan fingerprint density at radius 3 is 3.06 bits per heavy atom. The van der Waals surface area contributed by atoms with E-state index in [-0.39, 0.29) is 18.7 Å². The maximum atomic E-state index is 8.48. The fraction of sp³-hybridized carbons (Fsp3) is 0.417. The summed E-state index contributed by atoms with van der Waals surface area (Å²) in [6.07, 6.45) is 0.501. The SMILES string of the molecule is CC(CC(N)=NO)NCc1ccc2c(c1)OCO2. The fourth-order valence-electron chi connectivity index (χ4n) is 1.77. The molecule has 1 aliphatic rings. The lowest BCUT2D eigenvalue weighted by Crippen LogP contribution is -2.30. The number of ether oxygens (including phenoxy) is 2. The zero-order valence-corrected chi connectivity index (χ0v) is 10.2. The van der Waals surface area contributed by atoms with Crippen LogP contribution >= 0.6 is 0 Å². The number of hydrogen-bond acceptors (Lipinski definition) is 5. The van der Waals surface area contributed by atoms with Gasteiger partial charge in [0.25, 0.3) is 0 Å².